The van der Waals surface area contributed by atoms with Crippen LogP contribution in [0.5, 0.6) is 0 Å². The Kier molecular flexibility index (Phi) is 8.78. The summed E-state index contributed by atoms with van der Waals surface area (Å²) < 4.78 is 50.2. The molecular weight excluding hydrogens is 375 g/mol. The van der Waals surface area contributed by atoms with Gasteiger partial charge in [0, 0.05) is 41.4 Å². The van der Waals surface area contributed by atoms with Gasteiger partial charge in [-0.1, -0.05) is 25.1 Å². The van der Waals surface area contributed by atoms with E-state index in [0.717, 1.165) is 6.07 Å². The Hall–Kier alpha value is -1.57. The number of guanidine groups is 1. The Morgan fingerprint density at radius 1 is 1.19 bits per heavy atom. The van der Waals surface area contributed by atoms with Crippen molar-refractivity contribution in [1.82, 2.24) is 10.6 Å². The van der Waals surface area contributed by atoms with Crippen molar-refractivity contribution < 1.29 is 17.4 Å². The molecule has 0 spiro atoms. The van der Waals surface area contributed by atoms with Gasteiger partial charge in [-0.3, -0.25) is 9.20 Å². The van der Waals surface area contributed by atoms with Gasteiger partial charge in [0.15, 0.2) is 5.96 Å². The fourth-order valence-electron chi connectivity index (χ4n) is 2.38. The fraction of sp³-hybridized carbons (Fsp3) is 0.632. The quantitative estimate of drug-likeness (QED) is 0.534. The van der Waals surface area contributed by atoms with E-state index in [2.05, 4.69) is 15.6 Å². The van der Waals surface area contributed by atoms with Crippen molar-refractivity contribution in [2.24, 2.45) is 4.99 Å². The van der Waals surface area contributed by atoms with Gasteiger partial charge in [-0.2, -0.15) is 13.2 Å². The first-order valence-corrected chi connectivity index (χ1v) is 10.3. The Morgan fingerprint density at radius 3 is 2.37 bits per heavy atom. The molecule has 0 saturated heterocycles. The van der Waals surface area contributed by atoms with Crippen molar-refractivity contribution in [3.8, 4) is 0 Å². The molecule has 0 bridgehead atoms. The number of rotatable bonds is 7. The van der Waals surface area contributed by atoms with Crippen LogP contribution in [0.25, 0.3) is 0 Å². The molecule has 2 N–H and O–H groups in total. The smallest absolute Gasteiger partial charge is 0.356 e. The molecular formula is C19H30F3N3OS. The minimum Gasteiger partial charge on any atom is -0.356 e. The van der Waals surface area contributed by atoms with Gasteiger partial charge in [-0.15, -0.1) is 0 Å². The highest BCUT2D eigenvalue weighted by Gasteiger charge is 2.30. The van der Waals surface area contributed by atoms with Crippen LogP contribution in [0.2, 0.25) is 0 Å². The molecule has 0 heterocycles. The van der Waals surface area contributed by atoms with E-state index in [1.165, 1.54) is 12.1 Å². The molecule has 0 amide bonds. The molecule has 2 unspecified atom stereocenters. The van der Waals surface area contributed by atoms with Crippen LogP contribution in [-0.2, 0) is 17.0 Å². The summed E-state index contributed by atoms with van der Waals surface area (Å²) >= 11 is 0. The number of alkyl halides is 3. The summed E-state index contributed by atoms with van der Waals surface area (Å²) in [6, 6.07) is 5.45. The molecule has 0 aliphatic carbocycles. The highest BCUT2D eigenvalue weighted by Crippen LogP contribution is 2.31. The number of benzene rings is 1. The standard InChI is InChI=1S/C19H30F3N3OS/c1-14(15-7-6-8-16(13-15)19(20,21)22)9-10-24-17(23-5)25-11-12-27(26)18(2,3)4/h6-8,13-14H,9-12H2,1-5H3,(H2,23,24,25). The predicted molar refractivity (Wildman–Crippen MR) is 107 cm³/mol. The van der Waals surface area contributed by atoms with Crippen molar-refractivity contribution in [3.63, 3.8) is 0 Å². The summed E-state index contributed by atoms with van der Waals surface area (Å²) in [5, 5.41) is 6.26. The van der Waals surface area contributed by atoms with Crippen molar-refractivity contribution in [1.29, 1.82) is 0 Å². The van der Waals surface area contributed by atoms with E-state index in [4.69, 9.17) is 0 Å². The lowest BCUT2D eigenvalue weighted by Gasteiger charge is -2.19. The van der Waals surface area contributed by atoms with Crippen LogP contribution < -0.4 is 10.6 Å². The minimum absolute atomic E-state index is 0.0219. The van der Waals surface area contributed by atoms with E-state index >= 15 is 0 Å². The lowest BCUT2D eigenvalue weighted by Crippen LogP contribution is -2.40. The van der Waals surface area contributed by atoms with Crippen LogP contribution in [0.1, 0.15) is 51.2 Å². The summed E-state index contributed by atoms with van der Waals surface area (Å²) in [5.74, 6) is 1.09. The van der Waals surface area contributed by atoms with Gasteiger partial charge >= 0.3 is 6.18 Å². The lowest BCUT2D eigenvalue weighted by molar-refractivity contribution is -0.137. The Balaban J connectivity index is 2.46. The van der Waals surface area contributed by atoms with E-state index < -0.39 is 22.5 Å². The average molecular weight is 406 g/mol. The second kappa shape index (κ2) is 10.1. The molecule has 2 atom stereocenters. The predicted octanol–water partition coefficient (Wildman–Crippen LogP) is 3.91. The van der Waals surface area contributed by atoms with Crippen molar-refractivity contribution in [2.45, 2.75) is 51.0 Å². The molecule has 4 nitrogen and oxygen atoms in total. The van der Waals surface area contributed by atoms with Crippen LogP contribution >= 0.6 is 0 Å². The summed E-state index contributed by atoms with van der Waals surface area (Å²) in [4.78, 5) is 4.11. The van der Waals surface area contributed by atoms with Crippen LogP contribution in [0.4, 0.5) is 13.2 Å². The number of hydrogen-bond acceptors (Lipinski definition) is 2. The second-order valence-electron chi connectivity index (χ2n) is 7.40. The zero-order valence-corrected chi connectivity index (χ0v) is 17.4. The molecule has 0 radical (unpaired) electrons. The van der Waals surface area contributed by atoms with Crippen LogP contribution in [-0.4, -0.2) is 40.8 Å². The van der Waals surface area contributed by atoms with E-state index in [1.807, 2.05) is 27.7 Å². The first-order chi connectivity index (χ1) is 12.4. The molecule has 27 heavy (non-hydrogen) atoms. The van der Waals surface area contributed by atoms with Crippen molar-refractivity contribution >= 4 is 16.8 Å². The van der Waals surface area contributed by atoms with E-state index in [9.17, 15) is 17.4 Å². The van der Waals surface area contributed by atoms with Gasteiger partial charge in [0.1, 0.15) is 0 Å². The van der Waals surface area contributed by atoms with Crippen molar-refractivity contribution in [3.05, 3.63) is 35.4 Å². The van der Waals surface area contributed by atoms with E-state index in [0.29, 0.717) is 36.8 Å². The molecule has 1 aromatic carbocycles. The molecule has 1 rings (SSSR count). The molecule has 154 valence electrons. The zero-order chi connectivity index (χ0) is 20.7. The van der Waals surface area contributed by atoms with Crippen LogP contribution in [0.3, 0.4) is 0 Å². The first kappa shape index (κ1) is 23.5. The van der Waals surface area contributed by atoms with Gasteiger partial charge in [0.05, 0.1) is 5.56 Å². The second-order valence-corrected chi connectivity index (χ2v) is 9.72. The third-order valence-electron chi connectivity index (χ3n) is 4.14. The Bertz CT molecular complexity index is 654. The average Bonchev–Trinajstić information content (AvgIpc) is 2.58. The van der Waals surface area contributed by atoms with E-state index in [-0.39, 0.29) is 10.7 Å². The van der Waals surface area contributed by atoms with Gasteiger partial charge in [0.25, 0.3) is 0 Å². The topological polar surface area (TPSA) is 53.5 Å². The van der Waals surface area contributed by atoms with Crippen LogP contribution in [0.15, 0.2) is 29.3 Å². The highest BCUT2D eigenvalue weighted by atomic mass is 32.2. The number of halogens is 3. The maximum Gasteiger partial charge on any atom is 0.416 e. The van der Waals surface area contributed by atoms with Crippen LogP contribution in [0, 0.1) is 0 Å². The Morgan fingerprint density at radius 2 is 1.81 bits per heavy atom. The van der Waals surface area contributed by atoms with Gasteiger partial charge in [-0.25, -0.2) is 0 Å². The highest BCUT2D eigenvalue weighted by molar-refractivity contribution is 7.86. The Labute approximate surface area is 162 Å². The third-order valence-corrected chi connectivity index (χ3v) is 6.08. The third kappa shape index (κ3) is 8.32. The summed E-state index contributed by atoms with van der Waals surface area (Å²) in [7, 11) is 0.705. The molecule has 8 heteroatoms. The lowest BCUT2D eigenvalue weighted by atomic mass is 9.96. The minimum atomic E-state index is -4.33. The molecule has 0 saturated carbocycles. The molecule has 0 aliphatic heterocycles. The number of nitrogens with zero attached hydrogens (tertiary/aromatic N) is 1. The summed E-state index contributed by atoms with van der Waals surface area (Å²) in [6.07, 6.45) is -3.66. The SMILES string of the molecule is CN=C(NCCC(C)c1cccc(C(F)(F)F)c1)NCCS(=O)C(C)(C)C. The normalized spacial score (nSPS) is 15.3. The summed E-state index contributed by atoms with van der Waals surface area (Å²) in [6.45, 7) is 8.81. The summed E-state index contributed by atoms with van der Waals surface area (Å²) in [5.41, 5.74) is 0.0410. The maximum atomic E-state index is 12.8. The number of hydrogen-bond donors (Lipinski definition) is 2. The molecule has 0 aromatic heterocycles. The fourth-order valence-corrected chi connectivity index (χ4v) is 3.28. The largest absolute Gasteiger partial charge is 0.416 e. The maximum absolute atomic E-state index is 12.8. The van der Waals surface area contributed by atoms with Gasteiger partial charge < -0.3 is 10.6 Å². The monoisotopic (exact) mass is 405 g/mol. The molecule has 0 fully saturated rings. The zero-order valence-electron chi connectivity index (χ0n) is 16.6. The van der Waals surface area contributed by atoms with Gasteiger partial charge in [0.2, 0.25) is 0 Å². The van der Waals surface area contributed by atoms with Crippen molar-refractivity contribution in [2.75, 3.05) is 25.9 Å². The molecule has 0 aliphatic rings. The number of nitrogens with one attached hydrogen (secondary N) is 2. The van der Waals surface area contributed by atoms with Gasteiger partial charge in [-0.05, 0) is 44.7 Å². The number of aliphatic imine (C=N–C) groups is 1. The first-order valence-electron chi connectivity index (χ1n) is 8.95. The van der Waals surface area contributed by atoms with E-state index in [1.54, 1.807) is 13.1 Å². The molecule has 1 aromatic rings.